The van der Waals surface area contributed by atoms with Crippen LogP contribution in [0.15, 0.2) is 18.2 Å². The van der Waals surface area contributed by atoms with E-state index in [2.05, 4.69) is 16.0 Å². The molecule has 39 heavy (non-hydrogen) atoms. The smallest absolute Gasteiger partial charge is 0.379 e. The highest BCUT2D eigenvalue weighted by atomic mass is 19.4. The van der Waals surface area contributed by atoms with E-state index in [1.807, 2.05) is 12.1 Å². The number of fused-ring (bicyclic) bond motifs is 1. The van der Waals surface area contributed by atoms with Gasteiger partial charge in [0.05, 0.1) is 5.41 Å². The summed E-state index contributed by atoms with van der Waals surface area (Å²) in [5.41, 5.74) is 0.643. The Balaban J connectivity index is 1.15. The molecule has 3 N–H and O–H groups in total. The van der Waals surface area contributed by atoms with Gasteiger partial charge in [0.2, 0.25) is 11.8 Å². The van der Waals surface area contributed by atoms with E-state index in [1.165, 1.54) is 12.8 Å². The van der Waals surface area contributed by atoms with Gasteiger partial charge in [-0.1, -0.05) is 18.9 Å². The number of carbonyl (C=O) groups is 3. The highest BCUT2D eigenvalue weighted by molar-refractivity contribution is 6.06. The Labute approximate surface area is 226 Å². The number of rotatable bonds is 9. The Morgan fingerprint density at radius 1 is 1.00 bits per heavy atom. The van der Waals surface area contributed by atoms with Crippen LogP contribution >= 0.6 is 0 Å². The number of halogens is 3. The summed E-state index contributed by atoms with van der Waals surface area (Å²) in [7, 11) is 0. The van der Waals surface area contributed by atoms with Gasteiger partial charge in [-0.2, -0.15) is 13.2 Å². The highest BCUT2D eigenvalue weighted by Crippen LogP contribution is 2.57. The average Bonchev–Trinajstić information content (AvgIpc) is 3.82. The van der Waals surface area contributed by atoms with Crippen LogP contribution in [0.2, 0.25) is 0 Å². The fourth-order valence-electron chi connectivity index (χ4n) is 6.74. The number of hydrogen-bond acceptors (Lipinski definition) is 5. The molecule has 1 aromatic rings. The van der Waals surface area contributed by atoms with Gasteiger partial charge in [-0.05, 0) is 75.8 Å². The second kappa shape index (κ2) is 9.78. The first-order valence-electron chi connectivity index (χ1n) is 14.4. The molecule has 10 heteroatoms. The standard InChI is InChI=1S/C29H37F3N4O3/c30-29(31,32)27(14-15-27)17-33-19-9-12-28(13-10-19,11-8-18-4-5-18)35-22-3-1-2-20-21(22)16-36(26(20)39)23-6-7-24(37)34-25(23)38/h1-3,18-19,23,33,35H,4-17H2,(H,34,37,38). The molecule has 5 aliphatic rings. The lowest BCUT2D eigenvalue weighted by atomic mass is 9.75. The molecule has 0 bridgehead atoms. The van der Waals surface area contributed by atoms with Gasteiger partial charge in [0.1, 0.15) is 6.04 Å². The molecule has 4 fully saturated rings. The molecule has 0 aromatic heterocycles. The summed E-state index contributed by atoms with van der Waals surface area (Å²) in [6.45, 7) is 0.320. The maximum atomic E-state index is 13.4. The quantitative estimate of drug-likeness (QED) is 0.392. The lowest BCUT2D eigenvalue weighted by Crippen LogP contribution is -2.52. The summed E-state index contributed by atoms with van der Waals surface area (Å²) in [4.78, 5) is 39.0. The number of anilines is 1. The van der Waals surface area contributed by atoms with Crippen molar-refractivity contribution in [1.82, 2.24) is 15.5 Å². The zero-order valence-electron chi connectivity index (χ0n) is 22.2. The fourth-order valence-corrected chi connectivity index (χ4v) is 6.74. The van der Waals surface area contributed by atoms with E-state index in [0.717, 1.165) is 55.7 Å². The van der Waals surface area contributed by atoms with E-state index >= 15 is 0 Å². The van der Waals surface area contributed by atoms with Gasteiger partial charge in [-0.25, -0.2) is 0 Å². The maximum Gasteiger partial charge on any atom is 0.395 e. The minimum Gasteiger partial charge on any atom is -0.379 e. The van der Waals surface area contributed by atoms with Crippen molar-refractivity contribution < 1.29 is 27.6 Å². The largest absolute Gasteiger partial charge is 0.395 e. The molecule has 0 spiro atoms. The minimum atomic E-state index is -4.14. The number of amides is 3. The van der Waals surface area contributed by atoms with E-state index in [-0.39, 0.29) is 49.2 Å². The Kier molecular flexibility index (Phi) is 6.67. The van der Waals surface area contributed by atoms with Crippen LogP contribution in [0.3, 0.4) is 0 Å². The molecule has 7 nitrogen and oxygen atoms in total. The van der Waals surface area contributed by atoms with E-state index in [1.54, 1.807) is 11.0 Å². The van der Waals surface area contributed by atoms with Crippen LogP contribution in [0, 0.1) is 11.3 Å². The zero-order chi connectivity index (χ0) is 27.4. The fraction of sp³-hybridized carbons (Fsp3) is 0.690. The predicted molar refractivity (Wildman–Crippen MR) is 139 cm³/mol. The Morgan fingerprint density at radius 3 is 2.38 bits per heavy atom. The molecule has 0 radical (unpaired) electrons. The van der Waals surface area contributed by atoms with E-state index in [4.69, 9.17) is 0 Å². The third-order valence-electron chi connectivity index (χ3n) is 9.84. The average molecular weight is 547 g/mol. The second-order valence-electron chi connectivity index (χ2n) is 12.6. The van der Waals surface area contributed by atoms with Gasteiger partial charge >= 0.3 is 6.18 Å². The highest BCUT2D eigenvalue weighted by Gasteiger charge is 2.62. The number of hydrogen-bond donors (Lipinski definition) is 3. The van der Waals surface area contributed by atoms with E-state index in [9.17, 15) is 27.6 Å². The molecule has 2 heterocycles. The SMILES string of the molecule is O=C1CCC(N2Cc3c(NC4(CCC5CC5)CCC(NCC5(C(F)(F)F)CC5)CC4)cccc3C2=O)C(=O)N1. The lowest BCUT2D eigenvalue weighted by molar-refractivity contribution is -0.186. The molecule has 212 valence electrons. The first-order valence-corrected chi connectivity index (χ1v) is 14.4. The van der Waals surface area contributed by atoms with Gasteiger partial charge in [0, 0.05) is 47.9 Å². The van der Waals surface area contributed by atoms with Gasteiger partial charge in [0.25, 0.3) is 5.91 Å². The van der Waals surface area contributed by atoms with Crippen molar-refractivity contribution in [2.24, 2.45) is 11.3 Å². The first-order chi connectivity index (χ1) is 18.6. The molecule has 6 rings (SSSR count). The van der Waals surface area contributed by atoms with Crippen molar-refractivity contribution in [2.45, 2.75) is 107 Å². The van der Waals surface area contributed by atoms with E-state index < -0.39 is 23.5 Å². The Hall–Kier alpha value is -2.62. The van der Waals surface area contributed by atoms with Gasteiger partial charge in [0.15, 0.2) is 0 Å². The number of piperidine rings is 1. The summed E-state index contributed by atoms with van der Waals surface area (Å²) in [6.07, 6.45) is 4.79. The van der Waals surface area contributed by atoms with Crippen LogP contribution < -0.4 is 16.0 Å². The third-order valence-corrected chi connectivity index (χ3v) is 9.84. The maximum absolute atomic E-state index is 13.4. The Morgan fingerprint density at radius 2 is 1.74 bits per heavy atom. The molecule has 1 atom stereocenters. The number of imide groups is 1. The monoisotopic (exact) mass is 546 g/mol. The van der Waals surface area contributed by atoms with Crippen LogP contribution in [0.5, 0.6) is 0 Å². The van der Waals surface area contributed by atoms with Crippen LogP contribution in [-0.4, -0.2) is 53.0 Å². The van der Waals surface area contributed by atoms with Gasteiger partial charge in [-0.15, -0.1) is 0 Å². The Bertz CT molecular complexity index is 1150. The summed E-state index contributed by atoms with van der Waals surface area (Å²) < 4.78 is 40.2. The summed E-state index contributed by atoms with van der Waals surface area (Å²) in [5, 5.41) is 9.43. The molecule has 1 aromatic carbocycles. The minimum absolute atomic E-state index is 0.00809. The number of nitrogens with zero attached hydrogens (tertiary/aromatic N) is 1. The second-order valence-corrected chi connectivity index (χ2v) is 12.6. The van der Waals surface area contributed by atoms with Crippen molar-refractivity contribution in [3.05, 3.63) is 29.3 Å². The number of nitrogens with one attached hydrogen (secondary N) is 3. The lowest BCUT2D eigenvalue weighted by Gasteiger charge is -2.43. The molecule has 3 aliphatic carbocycles. The van der Waals surface area contributed by atoms with Crippen molar-refractivity contribution in [1.29, 1.82) is 0 Å². The number of benzene rings is 1. The van der Waals surface area contributed by atoms with Crippen molar-refractivity contribution >= 4 is 23.4 Å². The number of alkyl halides is 3. The summed E-state index contributed by atoms with van der Waals surface area (Å²) in [6, 6.07) is 5.06. The summed E-state index contributed by atoms with van der Waals surface area (Å²) >= 11 is 0. The third kappa shape index (κ3) is 5.28. The van der Waals surface area contributed by atoms with Crippen LogP contribution in [-0.2, 0) is 16.1 Å². The van der Waals surface area contributed by atoms with Crippen LogP contribution in [0.4, 0.5) is 18.9 Å². The van der Waals surface area contributed by atoms with Crippen LogP contribution in [0.1, 0.15) is 93.0 Å². The molecule has 1 unspecified atom stereocenters. The predicted octanol–water partition coefficient (Wildman–Crippen LogP) is 4.66. The van der Waals surface area contributed by atoms with Crippen LogP contribution in [0.25, 0.3) is 0 Å². The topological polar surface area (TPSA) is 90.5 Å². The molecule has 1 saturated heterocycles. The molecular weight excluding hydrogens is 509 g/mol. The normalized spacial score (nSPS) is 30.2. The number of carbonyl (C=O) groups excluding carboxylic acids is 3. The van der Waals surface area contributed by atoms with Crippen molar-refractivity contribution in [3.63, 3.8) is 0 Å². The zero-order valence-corrected chi connectivity index (χ0v) is 22.2. The molecule has 3 amide bonds. The van der Waals surface area contributed by atoms with E-state index in [0.29, 0.717) is 18.5 Å². The molecule has 2 aliphatic heterocycles. The molecule has 3 saturated carbocycles. The first kappa shape index (κ1) is 26.6. The van der Waals surface area contributed by atoms with Crippen molar-refractivity contribution in [2.75, 3.05) is 11.9 Å². The van der Waals surface area contributed by atoms with Gasteiger partial charge in [-0.3, -0.25) is 19.7 Å². The van der Waals surface area contributed by atoms with Gasteiger partial charge < -0.3 is 15.5 Å². The summed E-state index contributed by atoms with van der Waals surface area (Å²) in [5.74, 6) is -0.169. The van der Waals surface area contributed by atoms with Crippen molar-refractivity contribution in [3.8, 4) is 0 Å². The molecular formula is C29H37F3N4O3.